The Hall–Kier alpha value is -1.15. The highest BCUT2D eigenvalue weighted by Gasteiger charge is 2.38. The fraction of sp³-hybridized carbons (Fsp3) is 0.619. The first-order valence-electron chi connectivity index (χ1n) is 10.3. The van der Waals surface area contributed by atoms with Gasteiger partial charge in [0, 0.05) is 30.9 Å². The first-order valence-corrected chi connectivity index (χ1v) is 12.2. The maximum Gasteiger partial charge on any atom is 0.230 e. The number of benzene rings is 1. The normalized spacial score (nSPS) is 20.3. The summed E-state index contributed by atoms with van der Waals surface area (Å²) in [6.45, 7) is 4.37. The molecule has 0 unspecified atom stereocenters. The van der Waals surface area contributed by atoms with E-state index in [1.165, 1.54) is 36.8 Å². The second-order valence-corrected chi connectivity index (χ2v) is 9.83. The Labute approximate surface area is 175 Å². The summed E-state index contributed by atoms with van der Waals surface area (Å²) in [5, 5.41) is 4.34. The van der Waals surface area contributed by atoms with Crippen LogP contribution >= 0.6 is 23.1 Å². The average Bonchev–Trinajstić information content (AvgIpc) is 3.16. The molecule has 1 aromatic heterocycles. The van der Waals surface area contributed by atoms with Crippen LogP contribution in [0.3, 0.4) is 0 Å². The highest BCUT2D eigenvalue weighted by molar-refractivity contribution is 7.99. The lowest BCUT2D eigenvalue weighted by atomic mass is 9.79. The molecule has 2 aliphatic rings. The Morgan fingerprint density at radius 1 is 1.21 bits per heavy atom. The summed E-state index contributed by atoms with van der Waals surface area (Å²) in [7, 11) is 0. The molecule has 2 aromatic rings. The zero-order valence-corrected chi connectivity index (χ0v) is 18.0. The number of morpholine rings is 1. The maximum absolute atomic E-state index is 12.5. The third-order valence-corrected chi connectivity index (χ3v) is 8.04. The van der Waals surface area contributed by atoms with Gasteiger partial charge in [-0.25, -0.2) is 4.98 Å². The fourth-order valence-corrected chi connectivity index (χ4v) is 6.26. The molecule has 0 atom stereocenters. The second kappa shape index (κ2) is 9.57. The first-order chi connectivity index (χ1) is 13.8. The molecule has 1 amide bonds. The summed E-state index contributed by atoms with van der Waals surface area (Å²) in [6.07, 6.45) is 6.22. The molecule has 1 saturated carbocycles. The van der Waals surface area contributed by atoms with Gasteiger partial charge < -0.3 is 10.1 Å². The van der Waals surface area contributed by atoms with E-state index in [-0.39, 0.29) is 11.4 Å². The molecule has 1 N–H and O–H groups in total. The van der Waals surface area contributed by atoms with Gasteiger partial charge >= 0.3 is 0 Å². The first kappa shape index (κ1) is 20.1. The van der Waals surface area contributed by atoms with E-state index in [2.05, 4.69) is 21.3 Å². The Bertz CT molecular complexity index is 750. The Kier molecular flexibility index (Phi) is 6.88. The van der Waals surface area contributed by atoms with Gasteiger partial charge in [-0.3, -0.25) is 9.69 Å². The summed E-state index contributed by atoms with van der Waals surface area (Å²) in [5.41, 5.74) is 1.19. The number of ether oxygens (including phenoxy) is 1. The Balaban J connectivity index is 1.26. The van der Waals surface area contributed by atoms with Crippen LogP contribution in [0.2, 0.25) is 0 Å². The molecule has 1 aromatic carbocycles. The number of aromatic nitrogens is 1. The molecule has 4 rings (SSSR count). The average molecular weight is 420 g/mol. The van der Waals surface area contributed by atoms with Crippen LogP contribution in [0.25, 0.3) is 10.2 Å². The number of para-hydroxylation sites is 1. The second-order valence-electron chi connectivity index (χ2n) is 7.73. The number of hydrogen-bond donors (Lipinski definition) is 1. The lowest BCUT2D eigenvalue weighted by Gasteiger charge is -2.48. The molecule has 28 heavy (non-hydrogen) atoms. The van der Waals surface area contributed by atoms with Crippen LogP contribution < -0.4 is 5.32 Å². The van der Waals surface area contributed by atoms with Gasteiger partial charge in [-0.2, -0.15) is 0 Å². The van der Waals surface area contributed by atoms with E-state index < -0.39 is 0 Å². The monoisotopic (exact) mass is 419 g/mol. The van der Waals surface area contributed by atoms with Gasteiger partial charge in [0.1, 0.15) is 5.01 Å². The van der Waals surface area contributed by atoms with E-state index in [1.54, 1.807) is 23.1 Å². The predicted octanol–water partition coefficient (Wildman–Crippen LogP) is 3.68. The van der Waals surface area contributed by atoms with E-state index in [0.717, 1.165) is 49.1 Å². The van der Waals surface area contributed by atoms with Crippen molar-refractivity contribution in [3.8, 4) is 0 Å². The third-order valence-electron chi connectivity index (χ3n) is 5.88. The van der Waals surface area contributed by atoms with Gasteiger partial charge in [-0.1, -0.05) is 31.4 Å². The van der Waals surface area contributed by atoms with Crippen molar-refractivity contribution in [1.82, 2.24) is 15.2 Å². The number of hydrogen-bond acceptors (Lipinski definition) is 6. The van der Waals surface area contributed by atoms with Crippen LogP contribution in [0, 0.1) is 0 Å². The van der Waals surface area contributed by atoms with Gasteiger partial charge in [0.2, 0.25) is 5.91 Å². The van der Waals surface area contributed by atoms with Crippen molar-refractivity contribution in [3.63, 3.8) is 0 Å². The minimum absolute atomic E-state index is 0.134. The van der Waals surface area contributed by atoms with E-state index in [4.69, 9.17) is 4.74 Å². The summed E-state index contributed by atoms with van der Waals surface area (Å²) in [6, 6.07) is 8.20. The summed E-state index contributed by atoms with van der Waals surface area (Å²) in [4.78, 5) is 19.7. The standard InChI is InChI=1S/C21H29N3O2S2/c25-19(14-27-15-20-23-17-6-2-3-7-18(17)28-20)22-16-21(8-4-1-5-9-21)24-10-12-26-13-11-24/h2-3,6-7H,1,4-5,8-16H2,(H,22,25). The summed E-state index contributed by atoms with van der Waals surface area (Å²) >= 11 is 3.37. The molecule has 0 bridgehead atoms. The van der Waals surface area contributed by atoms with Crippen molar-refractivity contribution in [2.45, 2.75) is 43.4 Å². The van der Waals surface area contributed by atoms with Gasteiger partial charge in [-0.15, -0.1) is 23.1 Å². The molecule has 7 heteroatoms. The molecule has 1 aliphatic carbocycles. The number of nitrogens with one attached hydrogen (secondary N) is 1. The van der Waals surface area contributed by atoms with Crippen LogP contribution in [0.15, 0.2) is 24.3 Å². The smallest absolute Gasteiger partial charge is 0.230 e. The van der Waals surface area contributed by atoms with Crippen LogP contribution in [-0.2, 0) is 15.3 Å². The largest absolute Gasteiger partial charge is 0.379 e. The molecular weight excluding hydrogens is 390 g/mol. The zero-order chi connectivity index (χ0) is 19.2. The van der Waals surface area contributed by atoms with E-state index in [0.29, 0.717) is 5.75 Å². The van der Waals surface area contributed by atoms with Crippen LogP contribution in [0.5, 0.6) is 0 Å². The van der Waals surface area contributed by atoms with Crippen molar-refractivity contribution in [2.24, 2.45) is 0 Å². The van der Waals surface area contributed by atoms with Gasteiger partial charge in [0.25, 0.3) is 0 Å². The Morgan fingerprint density at radius 3 is 2.79 bits per heavy atom. The van der Waals surface area contributed by atoms with Crippen molar-refractivity contribution in [2.75, 3.05) is 38.6 Å². The maximum atomic E-state index is 12.5. The molecule has 2 heterocycles. The molecule has 1 saturated heterocycles. The highest BCUT2D eigenvalue weighted by atomic mass is 32.2. The molecule has 1 aliphatic heterocycles. The number of rotatable bonds is 7. The quantitative estimate of drug-likeness (QED) is 0.742. The third kappa shape index (κ3) is 4.87. The fourth-order valence-electron chi connectivity index (χ4n) is 4.38. The number of nitrogens with zero attached hydrogens (tertiary/aromatic N) is 2. The molecule has 2 fully saturated rings. The van der Waals surface area contributed by atoms with Crippen molar-refractivity contribution in [3.05, 3.63) is 29.3 Å². The number of amides is 1. The van der Waals surface area contributed by atoms with Gasteiger partial charge in [-0.05, 0) is 25.0 Å². The highest BCUT2D eigenvalue weighted by Crippen LogP contribution is 2.34. The van der Waals surface area contributed by atoms with E-state index in [1.807, 2.05) is 18.2 Å². The minimum atomic E-state index is 0.134. The zero-order valence-electron chi connectivity index (χ0n) is 16.3. The number of carbonyl (C=O) groups excluding carboxylic acids is 1. The van der Waals surface area contributed by atoms with Crippen LogP contribution in [-0.4, -0.2) is 59.9 Å². The molecule has 5 nitrogen and oxygen atoms in total. The molecule has 152 valence electrons. The topological polar surface area (TPSA) is 54.5 Å². The molecule has 0 spiro atoms. The van der Waals surface area contributed by atoms with Crippen LogP contribution in [0.4, 0.5) is 0 Å². The molecular formula is C21H29N3O2S2. The lowest BCUT2D eigenvalue weighted by Crippen LogP contribution is -2.59. The van der Waals surface area contributed by atoms with Crippen molar-refractivity contribution < 1.29 is 9.53 Å². The number of fused-ring (bicyclic) bond motifs is 1. The predicted molar refractivity (Wildman–Crippen MR) is 117 cm³/mol. The number of thiazole rings is 1. The van der Waals surface area contributed by atoms with Crippen molar-refractivity contribution in [1.29, 1.82) is 0 Å². The number of carbonyl (C=O) groups is 1. The van der Waals surface area contributed by atoms with E-state index in [9.17, 15) is 4.79 Å². The van der Waals surface area contributed by atoms with Gasteiger partial charge in [0.05, 0.1) is 29.2 Å². The summed E-state index contributed by atoms with van der Waals surface area (Å²) < 4.78 is 6.76. The molecule has 0 radical (unpaired) electrons. The summed E-state index contributed by atoms with van der Waals surface area (Å²) in [5.74, 6) is 1.43. The SMILES string of the molecule is O=C(CSCc1nc2ccccc2s1)NCC1(N2CCOCC2)CCCCC1. The minimum Gasteiger partial charge on any atom is -0.379 e. The van der Waals surface area contributed by atoms with Crippen LogP contribution in [0.1, 0.15) is 37.1 Å². The number of thioether (sulfide) groups is 1. The Morgan fingerprint density at radius 2 is 2.00 bits per heavy atom. The van der Waals surface area contributed by atoms with Gasteiger partial charge in [0.15, 0.2) is 0 Å². The van der Waals surface area contributed by atoms with Crippen molar-refractivity contribution >= 4 is 39.2 Å². The van der Waals surface area contributed by atoms with E-state index >= 15 is 0 Å². The lowest BCUT2D eigenvalue weighted by molar-refractivity contribution is -0.119.